The molecular weight excluding hydrogens is 333 g/mol. The van der Waals surface area contributed by atoms with Crippen LogP contribution >= 0.6 is 0 Å². The van der Waals surface area contributed by atoms with Gasteiger partial charge in [0.1, 0.15) is 17.3 Å². The Morgan fingerprint density at radius 3 is 2.62 bits per heavy atom. The van der Waals surface area contributed by atoms with Crippen LogP contribution in [0.4, 0.5) is 4.39 Å². The van der Waals surface area contributed by atoms with Gasteiger partial charge >= 0.3 is 0 Å². The standard InChI is InChI=1S/C17H16FNO4S/c18-12-1-3-13(4-2-12)24(20,21)19-10-15-14-6-8-22-16(14)9-11-5-7-23-17(11)15/h1-4,9,19H,5-8,10H2. The molecule has 0 amide bonds. The van der Waals surface area contributed by atoms with Gasteiger partial charge in [0.05, 0.1) is 18.1 Å². The van der Waals surface area contributed by atoms with Gasteiger partial charge in [-0.2, -0.15) is 0 Å². The van der Waals surface area contributed by atoms with Crippen molar-refractivity contribution in [1.82, 2.24) is 4.72 Å². The Bertz CT molecular complexity index is 862. The Morgan fingerprint density at radius 2 is 1.83 bits per heavy atom. The first kappa shape index (κ1) is 15.4. The molecular formula is C17H16FNO4S. The van der Waals surface area contributed by atoms with Crippen LogP contribution < -0.4 is 14.2 Å². The lowest BCUT2D eigenvalue weighted by Gasteiger charge is -2.14. The first-order valence-corrected chi connectivity index (χ1v) is 9.21. The van der Waals surface area contributed by atoms with Crippen molar-refractivity contribution in [2.45, 2.75) is 24.3 Å². The first-order valence-electron chi connectivity index (χ1n) is 7.73. The summed E-state index contributed by atoms with van der Waals surface area (Å²) in [6, 6.07) is 6.74. The van der Waals surface area contributed by atoms with E-state index in [4.69, 9.17) is 9.47 Å². The third-order valence-corrected chi connectivity index (χ3v) is 5.74. The predicted molar refractivity (Wildman–Crippen MR) is 85.3 cm³/mol. The molecule has 2 aliphatic heterocycles. The van der Waals surface area contributed by atoms with Crippen LogP contribution in [0, 0.1) is 5.82 Å². The van der Waals surface area contributed by atoms with Gasteiger partial charge in [-0.3, -0.25) is 0 Å². The van der Waals surface area contributed by atoms with Crippen LogP contribution in [0.15, 0.2) is 35.2 Å². The molecule has 0 fully saturated rings. The van der Waals surface area contributed by atoms with Crippen LogP contribution in [0.3, 0.4) is 0 Å². The molecule has 126 valence electrons. The largest absolute Gasteiger partial charge is 0.493 e. The van der Waals surface area contributed by atoms with Crippen LogP contribution in [-0.2, 0) is 29.4 Å². The van der Waals surface area contributed by atoms with E-state index in [1.165, 1.54) is 12.1 Å². The Balaban J connectivity index is 1.64. The van der Waals surface area contributed by atoms with E-state index in [2.05, 4.69) is 4.72 Å². The van der Waals surface area contributed by atoms with Crippen molar-refractivity contribution in [1.29, 1.82) is 0 Å². The van der Waals surface area contributed by atoms with E-state index in [0.29, 0.717) is 13.2 Å². The van der Waals surface area contributed by atoms with E-state index in [-0.39, 0.29) is 11.4 Å². The van der Waals surface area contributed by atoms with Crippen LogP contribution in [0.2, 0.25) is 0 Å². The molecule has 0 aromatic heterocycles. The molecule has 0 atom stereocenters. The Labute approximate surface area is 139 Å². The second-order valence-corrected chi connectivity index (χ2v) is 7.56. The fourth-order valence-electron chi connectivity index (χ4n) is 3.14. The third-order valence-electron chi connectivity index (χ3n) is 4.32. The molecule has 2 heterocycles. The summed E-state index contributed by atoms with van der Waals surface area (Å²) in [5.74, 6) is 1.11. The summed E-state index contributed by atoms with van der Waals surface area (Å²) in [5, 5.41) is 0. The molecule has 0 unspecified atom stereocenters. The Hall–Kier alpha value is -2.12. The van der Waals surface area contributed by atoms with Gasteiger partial charge in [-0.1, -0.05) is 0 Å². The van der Waals surface area contributed by atoms with Gasteiger partial charge in [0.15, 0.2) is 0 Å². The van der Waals surface area contributed by atoms with Gasteiger partial charge in [-0.15, -0.1) is 0 Å². The lowest BCUT2D eigenvalue weighted by atomic mass is 10.00. The molecule has 2 aliphatic rings. The molecule has 0 spiro atoms. The number of hydrogen-bond donors (Lipinski definition) is 1. The summed E-state index contributed by atoms with van der Waals surface area (Å²) in [6.45, 7) is 1.31. The molecule has 4 rings (SSSR count). The molecule has 1 N–H and O–H groups in total. The van der Waals surface area contributed by atoms with Gasteiger partial charge in [0.2, 0.25) is 10.0 Å². The lowest BCUT2D eigenvalue weighted by Crippen LogP contribution is -2.24. The minimum Gasteiger partial charge on any atom is -0.493 e. The van der Waals surface area contributed by atoms with Crippen molar-refractivity contribution in [2.24, 2.45) is 0 Å². The number of benzene rings is 2. The highest BCUT2D eigenvalue weighted by Gasteiger charge is 2.27. The smallest absolute Gasteiger partial charge is 0.240 e. The van der Waals surface area contributed by atoms with E-state index in [1.54, 1.807) is 0 Å². The monoisotopic (exact) mass is 349 g/mol. The highest BCUT2D eigenvalue weighted by Crippen LogP contribution is 2.40. The van der Waals surface area contributed by atoms with Gasteiger partial charge in [-0.25, -0.2) is 17.5 Å². The van der Waals surface area contributed by atoms with Crippen molar-refractivity contribution >= 4 is 10.0 Å². The molecule has 0 radical (unpaired) electrons. The number of sulfonamides is 1. The van der Waals surface area contributed by atoms with Crippen LogP contribution in [0.25, 0.3) is 0 Å². The highest BCUT2D eigenvalue weighted by atomic mass is 32.2. The summed E-state index contributed by atoms with van der Waals surface area (Å²) in [5.41, 5.74) is 2.88. The third kappa shape index (κ3) is 2.63. The normalized spacial score (nSPS) is 15.5. The molecule has 2 aromatic rings. The zero-order valence-electron chi connectivity index (χ0n) is 12.8. The summed E-state index contributed by atoms with van der Waals surface area (Å²) < 4.78 is 51.7. The number of hydrogen-bond acceptors (Lipinski definition) is 4. The summed E-state index contributed by atoms with van der Waals surface area (Å²) in [7, 11) is -3.72. The predicted octanol–water partition coefficient (Wildman–Crippen LogP) is 2.17. The minimum absolute atomic E-state index is 0.0327. The average Bonchev–Trinajstić information content (AvgIpc) is 3.20. The zero-order chi connectivity index (χ0) is 16.7. The summed E-state index contributed by atoms with van der Waals surface area (Å²) in [6.07, 6.45) is 1.53. The first-order chi connectivity index (χ1) is 11.5. The molecule has 0 saturated carbocycles. The van der Waals surface area contributed by atoms with Crippen LogP contribution in [0.1, 0.15) is 16.7 Å². The van der Waals surface area contributed by atoms with Gasteiger partial charge in [0.25, 0.3) is 0 Å². The topological polar surface area (TPSA) is 64.6 Å². The maximum absolute atomic E-state index is 13.0. The van der Waals surface area contributed by atoms with Crippen molar-refractivity contribution in [3.05, 3.63) is 52.8 Å². The van der Waals surface area contributed by atoms with E-state index in [1.807, 2.05) is 6.07 Å². The van der Waals surface area contributed by atoms with E-state index >= 15 is 0 Å². The quantitative estimate of drug-likeness (QED) is 0.919. The van der Waals surface area contributed by atoms with Crippen molar-refractivity contribution < 1.29 is 22.3 Å². The Kier molecular flexibility index (Phi) is 3.69. The van der Waals surface area contributed by atoms with Gasteiger partial charge in [0, 0.05) is 36.1 Å². The fourth-order valence-corrected chi connectivity index (χ4v) is 4.13. The van der Waals surface area contributed by atoms with Crippen molar-refractivity contribution in [2.75, 3.05) is 13.2 Å². The maximum atomic E-state index is 13.0. The van der Waals surface area contributed by atoms with Gasteiger partial charge in [-0.05, 0) is 30.3 Å². The van der Waals surface area contributed by atoms with Gasteiger partial charge < -0.3 is 9.47 Å². The zero-order valence-corrected chi connectivity index (χ0v) is 13.7. The van der Waals surface area contributed by atoms with Crippen LogP contribution in [-0.4, -0.2) is 21.6 Å². The van der Waals surface area contributed by atoms with E-state index in [9.17, 15) is 12.8 Å². The molecule has 7 heteroatoms. The number of fused-ring (bicyclic) bond motifs is 2. The second kappa shape index (κ2) is 5.75. The van der Waals surface area contributed by atoms with Crippen molar-refractivity contribution in [3.63, 3.8) is 0 Å². The van der Waals surface area contributed by atoms with E-state index < -0.39 is 15.8 Å². The molecule has 24 heavy (non-hydrogen) atoms. The Morgan fingerprint density at radius 1 is 1.08 bits per heavy atom. The molecule has 0 saturated heterocycles. The highest BCUT2D eigenvalue weighted by molar-refractivity contribution is 7.89. The fraction of sp³-hybridized carbons (Fsp3) is 0.294. The minimum atomic E-state index is -3.72. The second-order valence-electron chi connectivity index (χ2n) is 5.80. The molecule has 0 bridgehead atoms. The SMILES string of the molecule is O=S(=O)(NCc1c2c(cc3c1OCC3)OCC2)c1ccc(F)cc1. The number of nitrogens with one attached hydrogen (secondary N) is 1. The number of rotatable bonds is 4. The molecule has 0 aliphatic carbocycles. The average molecular weight is 349 g/mol. The lowest BCUT2D eigenvalue weighted by molar-refractivity contribution is 0.352. The molecule has 2 aromatic carbocycles. The maximum Gasteiger partial charge on any atom is 0.240 e. The summed E-state index contributed by atoms with van der Waals surface area (Å²) >= 11 is 0. The van der Waals surface area contributed by atoms with Crippen LogP contribution in [0.5, 0.6) is 11.5 Å². The number of halogens is 1. The van der Waals surface area contributed by atoms with Crippen molar-refractivity contribution in [3.8, 4) is 11.5 Å². The summed E-state index contributed by atoms with van der Waals surface area (Å²) in [4.78, 5) is 0.0327. The number of ether oxygens (including phenoxy) is 2. The molecule has 5 nitrogen and oxygen atoms in total. The van der Waals surface area contributed by atoms with E-state index in [0.717, 1.165) is 53.2 Å².